The summed E-state index contributed by atoms with van der Waals surface area (Å²) < 4.78 is 9.08. The smallest absolute Gasteiger partial charge is 0.327 e. The van der Waals surface area contributed by atoms with Crippen molar-refractivity contribution in [2.45, 2.75) is 78.0 Å². The van der Waals surface area contributed by atoms with Gasteiger partial charge in [0.2, 0.25) is 17.7 Å². The number of carboxylic acids is 3. The fraction of sp³-hybridized carbons (Fsp3) is 0.441. The minimum Gasteiger partial charge on any atom is -0.496 e. The maximum absolute atomic E-state index is 12.8. The number of ether oxygens (including phenoxy) is 2. The molecule has 1 unspecified atom stereocenters. The number of benzene rings is 2. The van der Waals surface area contributed by atoms with Gasteiger partial charge in [0.15, 0.2) is 5.92 Å². The van der Waals surface area contributed by atoms with Crippen molar-refractivity contribution in [2.24, 2.45) is 0 Å². The van der Waals surface area contributed by atoms with Crippen LogP contribution in [0, 0.1) is 0 Å². The Morgan fingerprint density at radius 3 is 1.56 bits per heavy atom. The molecule has 0 aromatic heterocycles. The predicted molar refractivity (Wildman–Crippen MR) is 187 cm³/mol. The number of aliphatic carboxylic acids is 3. The highest BCUT2D eigenvalue weighted by atomic mass is 32.2. The van der Waals surface area contributed by atoms with Crippen molar-refractivity contribution >= 4 is 65.1 Å². The number of thioether (sulfide) groups is 2. The molecule has 4 aliphatic heterocycles. The first-order chi connectivity index (χ1) is 24.4. The fourth-order valence-electron chi connectivity index (χ4n) is 6.87. The quantitative estimate of drug-likeness (QED) is 0.171. The van der Waals surface area contributed by atoms with Gasteiger partial charge in [0.1, 0.15) is 52.0 Å². The second-order valence-electron chi connectivity index (χ2n) is 13.4. The van der Waals surface area contributed by atoms with Crippen LogP contribution in [-0.2, 0) is 28.8 Å². The van der Waals surface area contributed by atoms with E-state index < -0.39 is 91.9 Å². The summed E-state index contributed by atoms with van der Waals surface area (Å²) in [6.45, 7) is 7.02. The third kappa shape index (κ3) is 6.60. The maximum atomic E-state index is 12.8. The van der Waals surface area contributed by atoms with Crippen molar-refractivity contribution < 1.29 is 58.4 Å². The van der Waals surface area contributed by atoms with E-state index in [4.69, 9.17) is 9.47 Å². The van der Waals surface area contributed by atoms with Crippen LogP contribution in [0.1, 0.15) is 49.5 Å². The molecular weight excluding hydrogens is 721 g/mol. The van der Waals surface area contributed by atoms with E-state index in [1.54, 1.807) is 64.1 Å². The van der Waals surface area contributed by atoms with Crippen molar-refractivity contribution in [2.75, 3.05) is 14.2 Å². The molecule has 0 bridgehead atoms. The van der Waals surface area contributed by atoms with Gasteiger partial charge in [-0.1, -0.05) is 36.4 Å². The van der Waals surface area contributed by atoms with Gasteiger partial charge >= 0.3 is 17.9 Å². The topological polar surface area (TPSA) is 229 Å². The van der Waals surface area contributed by atoms with Gasteiger partial charge < -0.3 is 45.2 Å². The molecule has 52 heavy (non-hydrogen) atoms. The van der Waals surface area contributed by atoms with Gasteiger partial charge in [-0.15, -0.1) is 23.5 Å². The summed E-state index contributed by atoms with van der Waals surface area (Å²) >= 11 is 2.66. The first-order valence-corrected chi connectivity index (χ1v) is 17.7. The van der Waals surface area contributed by atoms with Gasteiger partial charge in [-0.05, 0) is 45.4 Å². The molecule has 6 rings (SSSR count). The van der Waals surface area contributed by atoms with Gasteiger partial charge in [-0.25, -0.2) is 9.59 Å². The van der Waals surface area contributed by atoms with Crippen molar-refractivity contribution in [3.8, 4) is 11.5 Å². The van der Waals surface area contributed by atoms with Gasteiger partial charge in [-0.2, -0.15) is 0 Å². The first-order valence-electron chi connectivity index (χ1n) is 15.9. The Hall–Kier alpha value is -4.97. The van der Waals surface area contributed by atoms with E-state index in [1.807, 2.05) is 0 Å². The van der Waals surface area contributed by atoms with E-state index in [-0.39, 0.29) is 5.56 Å². The van der Waals surface area contributed by atoms with Gasteiger partial charge in [-0.3, -0.25) is 24.0 Å². The molecule has 7 atom stereocenters. The summed E-state index contributed by atoms with van der Waals surface area (Å²) in [5.41, 5.74) is 0.504. The first kappa shape index (κ1) is 38.3. The average molecular weight is 759 g/mol. The van der Waals surface area contributed by atoms with E-state index in [0.717, 1.165) is 0 Å². The lowest BCUT2D eigenvalue weighted by Gasteiger charge is -2.43. The summed E-state index contributed by atoms with van der Waals surface area (Å²) in [4.78, 5) is 87.3. The van der Waals surface area contributed by atoms with E-state index in [9.17, 15) is 48.9 Å². The molecule has 18 heteroatoms. The summed E-state index contributed by atoms with van der Waals surface area (Å²) in [5, 5.41) is 32.5. The molecule has 16 nitrogen and oxygen atoms in total. The molecule has 0 aliphatic carbocycles. The van der Waals surface area contributed by atoms with Crippen LogP contribution in [0.15, 0.2) is 48.5 Å². The summed E-state index contributed by atoms with van der Waals surface area (Å²) in [5.74, 6) is -6.46. The van der Waals surface area contributed by atoms with Crippen LogP contribution in [0.4, 0.5) is 0 Å². The number of carboxylic acid groups (broad SMARTS) is 3. The Kier molecular flexibility index (Phi) is 10.5. The number of rotatable bonds is 10. The lowest BCUT2D eigenvalue weighted by Crippen LogP contribution is -2.71. The van der Waals surface area contributed by atoms with E-state index >= 15 is 0 Å². The SMILES string of the molecule is CC1(C)S[C@@H]2[C@H](NC(=O)C(C(=O)O)c3ccccc3)C(=O)N2[C@H]1C(=O)O.COc1cccc(OC)c1C(=O)N[C@@H]1C(=O)N2[C@@H]1SC(C)(C)[C@@H]2C(=O)O. The molecule has 4 saturated heterocycles. The molecule has 4 amide bonds. The Morgan fingerprint density at radius 2 is 1.15 bits per heavy atom. The lowest BCUT2D eigenvalue weighted by atomic mass is 9.94. The van der Waals surface area contributed by atoms with Crippen LogP contribution < -0.4 is 20.1 Å². The Balaban J connectivity index is 0.000000201. The molecule has 4 heterocycles. The summed E-state index contributed by atoms with van der Waals surface area (Å²) in [7, 11) is 2.88. The van der Waals surface area contributed by atoms with Gasteiger partial charge in [0, 0.05) is 9.49 Å². The zero-order valence-corrected chi connectivity index (χ0v) is 30.5. The van der Waals surface area contributed by atoms with Gasteiger partial charge in [0.05, 0.1) is 14.2 Å². The highest BCUT2D eigenvalue weighted by Crippen LogP contribution is 2.52. The molecule has 0 radical (unpaired) electrons. The number of β-lactam (4-membered cyclic amide) rings is 2. The van der Waals surface area contributed by atoms with Crippen molar-refractivity contribution in [3.63, 3.8) is 0 Å². The minimum absolute atomic E-state index is 0.195. The molecular formula is C34H38N4O12S2. The zero-order valence-electron chi connectivity index (χ0n) is 28.9. The number of amides is 4. The van der Waals surface area contributed by atoms with Crippen molar-refractivity contribution in [1.29, 1.82) is 0 Å². The number of carbonyl (C=O) groups excluding carboxylic acids is 4. The number of nitrogens with one attached hydrogen (secondary N) is 2. The number of methoxy groups -OCH3 is 2. The van der Waals surface area contributed by atoms with Crippen LogP contribution in [0.3, 0.4) is 0 Å². The number of hydrogen-bond acceptors (Lipinski definition) is 11. The Bertz CT molecular complexity index is 1800. The van der Waals surface area contributed by atoms with E-state index in [0.29, 0.717) is 17.1 Å². The lowest BCUT2D eigenvalue weighted by molar-refractivity contribution is -0.161. The highest BCUT2D eigenvalue weighted by molar-refractivity contribution is 8.02. The summed E-state index contributed by atoms with van der Waals surface area (Å²) in [6, 6.07) is 9.34. The van der Waals surface area contributed by atoms with E-state index in [1.165, 1.54) is 59.7 Å². The van der Waals surface area contributed by atoms with Crippen molar-refractivity contribution in [1.82, 2.24) is 20.4 Å². The molecule has 5 N–H and O–H groups in total. The van der Waals surface area contributed by atoms with Crippen molar-refractivity contribution in [3.05, 3.63) is 59.7 Å². The van der Waals surface area contributed by atoms with Crippen LogP contribution >= 0.6 is 23.5 Å². The molecule has 278 valence electrons. The van der Waals surface area contributed by atoms with Crippen LogP contribution in [0.2, 0.25) is 0 Å². The number of nitrogens with zero attached hydrogens (tertiary/aromatic N) is 2. The number of fused-ring (bicyclic) bond motifs is 2. The maximum Gasteiger partial charge on any atom is 0.327 e. The van der Waals surface area contributed by atoms with E-state index in [2.05, 4.69) is 10.6 Å². The summed E-state index contributed by atoms with van der Waals surface area (Å²) in [6.07, 6.45) is 0. The fourth-order valence-corrected chi connectivity index (χ4v) is 10.1. The van der Waals surface area contributed by atoms with Crippen LogP contribution in [-0.4, -0.2) is 125 Å². The second-order valence-corrected chi connectivity index (χ2v) is 16.9. The molecule has 4 fully saturated rings. The van der Waals surface area contributed by atoms with Crippen LogP contribution in [0.25, 0.3) is 0 Å². The predicted octanol–water partition coefficient (Wildman–Crippen LogP) is 1.44. The third-order valence-electron chi connectivity index (χ3n) is 9.23. The van der Waals surface area contributed by atoms with Crippen LogP contribution in [0.5, 0.6) is 11.5 Å². The average Bonchev–Trinajstić information content (AvgIpc) is 3.50. The molecule has 2 aromatic rings. The number of hydrogen-bond donors (Lipinski definition) is 5. The standard InChI is InChI=1S/C17H20N2O6S.C17H18N2O6S/c1-17(2)12(16(22)23)19-14(21)11(15(19)26-17)18-13(20)10-8(24-3)6-5-7-9(10)25-4;1-17(2)11(16(24)25)19-13(21)10(14(19)26-17)18-12(20)9(15(22)23)8-6-4-3-5-7-8/h5-7,11-12,15H,1-4H3,(H,18,20)(H,22,23);3-7,9-11,14H,1-2H3,(H,18,20)(H,22,23)(H,24,25)/t11-,12+,15-;9?,10-,11+,14-/m11/s1. The molecule has 4 aliphatic rings. The zero-order chi connectivity index (χ0) is 38.4. The Labute approximate surface area is 306 Å². The monoisotopic (exact) mass is 758 g/mol. The molecule has 0 saturated carbocycles. The minimum atomic E-state index is -1.44. The number of carbonyl (C=O) groups is 7. The third-order valence-corrected chi connectivity index (χ3v) is 12.4. The highest BCUT2D eigenvalue weighted by Gasteiger charge is 2.65. The largest absolute Gasteiger partial charge is 0.496 e. The molecule has 0 spiro atoms. The molecule has 2 aromatic carbocycles. The Morgan fingerprint density at radius 1 is 0.712 bits per heavy atom. The second kappa shape index (κ2) is 14.2. The normalized spacial score (nSPS) is 26.6. The van der Waals surface area contributed by atoms with Gasteiger partial charge in [0.25, 0.3) is 5.91 Å².